The van der Waals surface area contributed by atoms with Crippen molar-refractivity contribution < 1.29 is 21.6 Å². The molecule has 2 heterocycles. The molecule has 0 aliphatic carbocycles. The molecule has 0 N–H and O–H groups in total. The molecule has 0 bridgehead atoms. The molecule has 1 saturated heterocycles. The minimum absolute atomic E-state index is 0.0588. The van der Waals surface area contributed by atoms with Crippen LogP contribution in [-0.4, -0.2) is 40.2 Å². The molecule has 2 aromatic rings. The number of aromatic nitrogens is 3. The number of benzene rings is 1. The largest absolute Gasteiger partial charge is 0.451 e. The van der Waals surface area contributed by atoms with Crippen LogP contribution in [0.2, 0.25) is 5.02 Å². The van der Waals surface area contributed by atoms with Gasteiger partial charge in [0.15, 0.2) is 0 Å². The topological polar surface area (TPSA) is 77.2 Å². The number of rotatable bonds is 3. The standard InChI is InChI=1S/C16H18ClF3N4O3S/c1-10-12(17)4-3-5-13(10)28(26,27)23-8-6-11(7-9-23)24-15(25)22(2)14(21-24)16(18,19)20/h3-5,11H,6-9H2,1-2H3. The molecule has 0 radical (unpaired) electrons. The highest BCUT2D eigenvalue weighted by atomic mass is 35.5. The molecule has 0 spiro atoms. The van der Waals surface area contributed by atoms with E-state index >= 15 is 0 Å². The van der Waals surface area contributed by atoms with E-state index in [1.54, 1.807) is 19.1 Å². The van der Waals surface area contributed by atoms with Crippen molar-refractivity contribution >= 4 is 21.6 Å². The van der Waals surface area contributed by atoms with Gasteiger partial charge in [0.2, 0.25) is 15.8 Å². The first-order chi connectivity index (χ1) is 12.9. The van der Waals surface area contributed by atoms with Gasteiger partial charge in [0.25, 0.3) is 0 Å². The fourth-order valence-corrected chi connectivity index (χ4v) is 5.22. The normalized spacial score (nSPS) is 17.2. The SMILES string of the molecule is Cc1c(Cl)cccc1S(=O)(=O)N1CCC(n2nc(C(F)(F)F)n(C)c2=O)CC1. The Bertz CT molecular complexity index is 1050. The smallest absolute Gasteiger partial charge is 0.274 e. The van der Waals surface area contributed by atoms with Crippen molar-refractivity contribution in [3.63, 3.8) is 0 Å². The summed E-state index contributed by atoms with van der Waals surface area (Å²) in [5, 5.41) is 3.76. The van der Waals surface area contributed by atoms with E-state index < -0.39 is 33.8 Å². The van der Waals surface area contributed by atoms with E-state index in [2.05, 4.69) is 5.10 Å². The van der Waals surface area contributed by atoms with Crippen LogP contribution in [0.15, 0.2) is 27.9 Å². The van der Waals surface area contributed by atoms with Gasteiger partial charge in [0.1, 0.15) is 0 Å². The molecule has 1 fully saturated rings. The minimum Gasteiger partial charge on any atom is -0.274 e. The van der Waals surface area contributed by atoms with Crippen LogP contribution < -0.4 is 5.69 Å². The molecule has 154 valence electrons. The van der Waals surface area contributed by atoms with Gasteiger partial charge in [-0.25, -0.2) is 17.9 Å². The quantitative estimate of drug-likeness (QED) is 0.738. The lowest BCUT2D eigenvalue weighted by atomic mass is 10.1. The molecule has 0 atom stereocenters. The second-order valence-corrected chi connectivity index (χ2v) is 8.92. The van der Waals surface area contributed by atoms with Crippen LogP contribution in [0, 0.1) is 6.92 Å². The number of hydrogen-bond donors (Lipinski definition) is 0. The summed E-state index contributed by atoms with van der Waals surface area (Å²) in [6.07, 6.45) is -4.40. The van der Waals surface area contributed by atoms with Crippen LogP contribution in [0.1, 0.15) is 30.3 Å². The second kappa shape index (κ2) is 7.20. The van der Waals surface area contributed by atoms with Gasteiger partial charge in [-0.15, -0.1) is 5.10 Å². The molecule has 1 aliphatic heterocycles. The van der Waals surface area contributed by atoms with E-state index in [4.69, 9.17) is 11.6 Å². The Kier molecular flexibility index (Phi) is 5.36. The van der Waals surface area contributed by atoms with Crippen molar-refractivity contribution in [3.05, 3.63) is 45.1 Å². The molecule has 1 aromatic carbocycles. The molecule has 1 aliphatic rings. The highest BCUT2D eigenvalue weighted by molar-refractivity contribution is 7.89. The zero-order valence-electron chi connectivity index (χ0n) is 15.1. The predicted molar refractivity (Wildman–Crippen MR) is 95.7 cm³/mol. The third-order valence-electron chi connectivity index (χ3n) is 4.86. The van der Waals surface area contributed by atoms with Crippen LogP contribution in [0.25, 0.3) is 0 Å². The van der Waals surface area contributed by atoms with Gasteiger partial charge < -0.3 is 0 Å². The Morgan fingerprint density at radius 1 is 1.21 bits per heavy atom. The Hall–Kier alpha value is -1.85. The molecule has 28 heavy (non-hydrogen) atoms. The Morgan fingerprint density at radius 2 is 1.82 bits per heavy atom. The number of hydrogen-bond acceptors (Lipinski definition) is 4. The van der Waals surface area contributed by atoms with E-state index in [0.717, 1.165) is 11.7 Å². The van der Waals surface area contributed by atoms with E-state index in [1.807, 2.05) is 0 Å². The summed E-state index contributed by atoms with van der Waals surface area (Å²) in [5.74, 6) is -1.28. The summed E-state index contributed by atoms with van der Waals surface area (Å²) < 4.78 is 67.1. The van der Waals surface area contributed by atoms with Crippen molar-refractivity contribution in [3.8, 4) is 0 Å². The van der Waals surface area contributed by atoms with Crippen LogP contribution >= 0.6 is 11.6 Å². The van der Waals surface area contributed by atoms with Crippen molar-refractivity contribution in [1.29, 1.82) is 0 Å². The predicted octanol–water partition coefficient (Wildman–Crippen LogP) is 2.59. The van der Waals surface area contributed by atoms with E-state index in [9.17, 15) is 26.4 Å². The van der Waals surface area contributed by atoms with Crippen LogP contribution in [0.5, 0.6) is 0 Å². The summed E-state index contributed by atoms with van der Waals surface area (Å²) >= 11 is 6.01. The first kappa shape index (κ1) is 20.9. The molecule has 0 saturated carbocycles. The summed E-state index contributed by atoms with van der Waals surface area (Å²) in [5.41, 5.74) is -0.443. The lowest BCUT2D eigenvalue weighted by molar-refractivity contribution is -0.147. The maximum Gasteiger partial charge on any atom is 0.451 e. The van der Waals surface area contributed by atoms with Gasteiger partial charge in [-0.3, -0.25) is 4.57 Å². The van der Waals surface area contributed by atoms with Crippen LogP contribution in [0.4, 0.5) is 13.2 Å². The first-order valence-electron chi connectivity index (χ1n) is 8.42. The molecule has 12 heteroatoms. The summed E-state index contributed by atoms with van der Waals surface area (Å²) in [6.45, 7) is 1.72. The van der Waals surface area contributed by atoms with Crippen LogP contribution in [0.3, 0.4) is 0 Å². The van der Waals surface area contributed by atoms with Gasteiger partial charge in [-0.05, 0) is 37.5 Å². The number of piperidine rings is 1. The number of alkyl halides is 3. The van der Waals surface area contributed by atoms with Gasteiger partial charge >= 0.3 is 11.9 Å². The number of halogens is 4. The third-order valence-corrected chi connectivity index (χ3v) is 7.31. The monoisotopic (exact) mass is 438 g/mol. The maximum atomic E-state index is 13.0. The van der Waals surface area contributed by atoms with E-state index in [-0.39, 0.29) is 30.8 Å². The lowest BCUT2D eigenvalue weighted by Gasteiger charge is -2.31. The lowest BCUT2D eigenvalue weighted by Crippen LogP contribution is -2.41. The van der Waals surface area contributed by atoms with Gasteiger partial charge in [-0.2, -0.15) is 17.5 Å². The highest BCUT2D eigenvalue weighted by Crippen LogP contribution is 2.31. The first-order valence-corrected chi connectivity index (χ1v) is 10.2. The Morgan fingerprint density at radius 3 is 2.36 bits per heavy atom. The summed E-state index contributed by atoms with van der Waals surface area (Å²) in [4.78, 5) is 12.2. The van der Waals surface area contributed by atoms with Crippen molar-refractivity contribution in [1.82, 2.24) is 18.7 Å². The molecule has 1 aromatic heterocycles. The zero-order valence-corrected chi connectivity index (χ0v) is 16.6. The molecule has 0 amide bonds. The highest BCUT2D eigenvalue weighted by Gasteiger charge is 2.39. The fourth-order valence-electron chi connectivity index (χ4n) is 3.27. The summed E-state index contributed by atoms with van der Waals surface area (Å²) in [7, 11) is -2.79. The van der Waals surface area contributed by atoms with Gasteiger partial charge in [-0.1, -0.05) is 17.7 Å². The molecular formula is C16H18ClF3N4O3S. The van der Waals surface area contributed by atoms with Gasteiger partial charge in [0.05, 0.1) is 10.9 Å². The molecule has 0 unspecified atom stereocenters. The Labute approximate surface area is 164 Å². The van der Waals surface area contributed by atoms with Crippen molar-refractivity contribution in [2.45, 2.75) is 36.9 Å². The van der Waals surface area contributed by atoms with E-state index in [1.165, 1.54) is 10.4 Å². The second-order valence-electron chi connectivity index (χ2n) is 6.61. The van der Waals surface area contributed by atoms with Crippen molar-refractivity contribution in [2.24, 2.45) is 7.05 Å². The van der Waals surface area contributed by atoms with Crippen molar-refractivity contribution in [2.75, 3.05) is 13.1 Å². The van der Waals surface area contributed by atoms with Crippen LogP contribution in [-0.2, 0) is 23.2 Å². The third kappa shape index (κ3) is 3.58. The van der Waals surface area contributed by atoms with Gasteiger partial charge in [0, 0.05) is 25.2 Å². The average Bonchev–Trinajstić information content (AvgIpc) is 2.93. The minimum atomic E-state index is -4.74. The molecular weight excluding hydrogens is 421 g/mol. The summed E-state index contributed by atoms with van der Waals surface area (Å²) in [6, 6.07) is 3.98. The number of sulfonamides is 1. The molecule has 7 nitrogen and oxygen atoms in total. The number of nitrogens with zero attached hydrogens (tertiary/aromatic N) is 4. The van der Waals surface area contributed by atoms with E-state index in [0.29, 0.717) is 15.2 Å². The Balaban J connectivity index is 1.82. The zero-order chi connectivity index (χ0) is 20.9. The fraction of sp³-hybridized carbons (Fsp3) is 0.500. The maximum absolute atomic E-state index is 13.0. The molecule has 3 rings (SSSR count). The average molecular weight is 439 g/mol.